The molecule has 7 heteroatoms. The number of nitrogens with zero attached hydrogens (tertiary/aromatic N) is 4. The number of benzene rings is 2. The first-order chi connectivity index (χ1) is 16.0. The second kappa shape index (κ2) is 10.7. The number of aromatic nitrogens is 2. The summed E-state index contributed by atoms with van der Waals surface area (Å²) in [6.45, 7) is 7.35. The second-order valence-corrected chi connectivity index (χ2v) is 8.70. The molecule has 0 bridgehead atoms. The molecule has 1 aromatic heterocycles. The summed E-state index contributed by atoms with van der Waals surface area (Å²) in [7, 11) is 0. The molecule has 0 spiro atoms. The fraction of sp³-hybridized carbons (Fsp3) is 0.346. The Morgan fingerprint density at radius 2 is 1.70 bits per heavy atom. The summed E-state index contributed by atoms with van der Waals surface area (Å²) in [5.74, 6) is 1.88. The molecule has 1 aliphatic heterocycles. The van der Waals surface area contributed by atoms with Crippen LogP contribution in [0.25, 0.3) is 11.3 Å². The van der Waals surface area contributed by atoms with E-state index in [0.717, 1.165) is 52.1 Å². The molecule has 33 heavy (non-hydrogen) atoms. The number of carbonyl (C=O) groups excluding carboxylic acids is 1. The van der Waals surface area contributed by atoms with Crippen LogP contribution in [-0.2, 0) is 4.79 Å². The van der Waals surface area contributed by atoms with Crippen LogP contribution in [0, 0.1) is 13.8 Å². The SMILES string of the molecule is Cc1cc(OCCCC(=O)N2CCN(c3cc(-c4ccccc4)ncn3)CC2)cc(C)c1Cl. The Bertz CT molecular complexity index is 1080. The lowest BCUT2D eigenvalue weighted by molar-refractivity contribution is -0.131. The van der Waals surface area contributed by atoms with E-state index in [-0.39, 0.29) is 5.91 Å². The first-order valence-corrected chi connectivity index (χ1v) is 11.7. The molecule has 0 N–H and O–H groups in total. The van der Waals surface area contributed by atoms with E-state index in [1.54, 1.807) is 6.33 Å². The molecule has 1 saturated heterocycles. The third-order valence-electron chi connectivity index (χ3n) is 5.89. The van der Waals surface area contributed by atoms with E-state index in [1.165, 1.54) is 0 Å². The number of halogens is 1. The van der Waals surface area contributed by atoms with Crippen molar-refractivity contribution < 1.29 is 9.53 Å². The Morgan fingerprint density at radius 3 is 2.39 bits per heavy atom. The molecule has 0 unspecified atom stereocenters. The van der Waals surface area contributed by atoms with Crippen LogP contribution >= 0.6 is 11.6 Å². The van der Waals surface area contributed by atoms with Gasteiger partial charge in [0.15, 0.2) is 0 Å². The van der Waals surface area contributed by atoms with E-state index in [1.807, 2.05) is 67.3 Å². The second-order valence-electron chi connectivity index (χ2n) is 8.32. The van der Waals surface area contributed by atoms with Crippen LogP contribution in [0.15, 0.2) is 54.9 Å². The Morgan fingerprint density at radius 1 is 1.00 bits per heavy atom. The molecule has 6 nitrogen and oxygen atoms in total. The number of anilines is 1. The van der Waals surface area contributed by atoms with Gasteiger partial charge in [-0.3, -0.25) is 4.79 Å². The van der Waals surface area contributed by atoms with E-state index in [4.69, 9.17) is 16.3 Å². The molecule has 1 amide bonds. The van der Waals surface area contributed by atoms with Crippen molar-refractivity contribution >= 4 is 23.3 Å². The van der Waals surface area contributed by atoms with E-state index < -0.39 is 0 Å². The molecule has 1 fully saturated rings. The number of rotatable bonds is 7. The van der Waals surface area contributed by atoms with Crippen molar-refractivity contribution in [3.63, 3.8) is 0 Å². The van der Waals surface area contributed by atoms with Gasteiger partial charge >= 0.3 is 0 Å². The van der Waals surface area contributed by atoms with Gasteiger partial charge in [-0.25, -0.2) is 9.97 Å². The Kier molecular flexibility index (Phi) is 7.45. The van der Waals surface area contributed by atoms with Gasteiger partial charge in [0.25, 0.3) is 0 Å². The lowest BCUT2D eigenvalue weighted by atomic mass is 10.1. The summed E-state index contributed by atoms with van der Waals surface area (Å²) in [6.07, 6.45) is 2.78. The lowest BCUT2D eigenvalue weighted by Gasteiger charge is -2.35. The van der Waals surface area contributed by atoms with Gasteiger partial charge < -0.3 is 14.5 Å². The van der Waals surface area contributed by atoms with Crippen molar-refractivity contribution in [1.29, 1.82) is 0 Å². The molecular weight excluding hydrogens is 436 g/mol. The minimum atomic E-state index is 0.175. The molecule has 0 atom stereocenters. The van der Waals surface area contributed by atoms with Crippen molar-refractivity contribution in [2.24, 2.45) is 0 Å². The van der Waals surface area contributed by atoms with Gasteiger partial charge in [0, 0.05) is 49.3 Å². The average molecular weight is 465 g/mol. The number of amides is 1. The van der Waals surface area contributed by atoms with E-state index >= 15 is 0 Å². The van der Waals surface area contributed by atoms with Crippen LogP contribution in [0.3, 0.4) is 0 Å². The number of carbonyl (C=O) groups is 1. The molecule has 4 rings (SSSR count). The van der Waals surface area contributed by atoms with Crippen LogP contribution in [0.5, 0.6) is 5.75 Å². The molecule has 2 heterocycles. The standard InChI is InChI=1S/C26H29ClN4O2/c1-19-15-22(16-20(2)26(19)27)33-14-6-9-25(32)31-12-10-30(11-13-31)24-17-23(28-18-29-24)21-7-4-3-5-8-21/h3-5,7-8,15-18H,6,9-14H2,1-2H3. The molecular formula is C26H29ClN4O2. The van der Waals surface area contributed by atoms with E-state index in [2.05, 4.69) is 14.9 Å². The fourth-order valence-corrected chi connectivity index (χ4v) is 4.14. The highest BCUT2D eigenvalue weighted by Gasteiger charge is 2.22. The monoisotopic (exact) mass is 464 g/mol. The highest BCUT2D eigenvalue weighted by molar-refractivity contribution is 6.32. The van der Waals surface area contributed by atoms with Gasteiger partial charge in [-0.1, -0.05) is 41.9 Å². The molecule has 0 saturated carbocycles. The summed E-state index contributed by atoms with van der Waals surface area (Å²) in [6, 6.07) is 16.0. The maximum atomic E-state index is 12.7. The van der Waals surface area contributed by atoms with Crippen LogP contribution in [0.2, 0.25) is 5.02 Å². The Labute approximate surface area is 200 Å². The van der Waals surface area contributed by atoms with Crippen molar-refractivity contribution in [1.82, 2.24) is 14.9 Å². The predicted molar refractivity (Wildman–Crippen MR) is 132 cm³/mol. The zero-order chi connectivity index (χ0) is 23.2. The van der Waals surface area contributed by atoms with Gasteiger partial charge in [-0.2, -0.15) is 0 Å². The Hall–Kier alpha value is -3.12. The highest BCUT2D eigenvalue weighted by atomic mass is 35.5. The van der Waals surface area contributed by atoms with Crippen molar-refractivity contribution in [3.05, 3.63) is 71.0 Å². The van der Waals surface area contributed by atoms with Crippen molar-refractivity contribution in [3.8, 4) is 17.0 Å². The van der Waals surface area contributed by atoms with Crippen LogP contribution in [0.1, 0.15) is 24.0 Å². The molecule has 1 aliphatic rings. The summed E-state index contributed by atoms with van der Waals surface area (Å²) >= 11 is 6.21. The maximum absolute atomic E-state index is 12.7. The molecule has 172 valence electrons. The minimum absolute atomic E-state index is 0.175. The summed E-state index contributed by atoms with van der Waals surface area (Å²) in [5, 5.41) is 0.773. The van der Waals surface area contributed by atoms with Crippen LogP contribution < -0.4 is 9.64 Å². The topological polar surface area (TPSA) is 58.6 Å². The molecule has 0 radical (unpaired) electrons. The zero-order valence-corrected chi connectivity index (χ0v) is 19.9. The van der Waals surface area contributed by atoms with E-state index in [9.17, 15) is 4.79 Å². The summed E-state index contributed by atoms with van der Waals surface area (Å²) in [5.41, 5.74) is 3.98. The number of aryl methyl sites for hydroxylation is 2. The van der Waals surface area contributed by atoms with Gasteiger partial charge in [-0.05, 0) is 43.5 Å². The first kappa shape index (κ1) is 23.1. The normalized spacial score (nSPS) is 13.8. The van der Waals surface area contributed by atoms with Gasteiger partial charge in [0.2, 0.25) is 5.91 Å². The maximum Gasteiger partial charge on any atom is 0.222 e. The van der Waals surface area contributed by atoms with Crippen molar-refractivity contribution in [2.75, 3.05) is 37.7 Å². The quantitative estimate of drug-likeness (QED) is 0.464. The summed E-state index contributed by atoms with van der Waals surface area (Å²) in [4.78, 5) is 25.7. The summed E-state index contributed by atoms with van der Waals surface area (Å²) < 4.78 is 5.83. The number of hydrogen-bond donors (Lipinski definition) is 0. The lowest BCUT2D eigenvalue weighted by Crippen LogP contribution is -2.49. The molecule has 0 aliphatic carbocycles. The predicted octanol–water partition coefficient (Wildman–Crippen LogP) is 4.92. The average Bonchev–Trinajstić information content (AvgIpc) is 2.85. The van der Waals surface area contributed by atoms with E-state index in [0.29, 0.717) is 32.5 Å². The largest absolute Gasteiger partial charge is 0.494 e. The van der Waals surface area contributed by atoms with Gasteiger partial charge in [-0.15, -0.1) is 0 Å². The van der Waals surface area contributed by atoms with Crippen LogP contribution in [0.4, 0.5) is 5.82 Å². The van der Waals surface area contributed by atoms with Gasteiger partial charge in [0.05, 0.1) is 12.3 Å². The smallest absolute Gasteiger partial charge is 0.222 e. The third-order valence-corrected chi connectivity index (χ3v) is 6.49. The van der Waals surface area contributed by atoms with Crippen LogP contribution in [-0.4, -0.2) is 53.6 Å². The molecule has 3 aromatic rings. The minimum Gasteiger partial charge on any atom is -0.494 e. The number of hydrogen-bond acceptors (Lipinski definition) is 5. The van der Waals surface area contributed by atoms with Gasteiger partial charge in [0.1, 0.15) is 17.9 Å². The van der Waals surface area contributed by atoms with Crippen molar-refractivity contribution in [2.45, 2.75) is 26.7 Å². The number of piperazine rings is 1. The molecule has 2 aromatic carbocycles. The third kappa shape index (κ3) is 5.82. The zero-order valence-electron chi connectivity index (χ0n) is 19.1. The number of ether oxygens (including phenoxy) is 1. The fourth-order valence-electron chi connectivity index (χ4n) is 4.03. The first-order valence-electron chi connectivity index (χ1n) is 11.3. The Balaban J connectivity index is 1.23. The highest BCUT2D eigenvalue weighted by Crippen LogP contribution is 2.26.